The fourth-order valence-electron chi connectivity index (χ4n) is 2.90. The molecule has 1 aromatic carbocycles. The van der Waals surface area contributed by atoms with Gasteiger partial charge in [-0.2, -0.15) is 0 Å². The molecule has 1 saturated carbocycles. The summed E-state index contributed by atoms with van der Waals surface area (Å²) < 4.78 is 7.50. The smallest absolute Gasteiger partial charge is 0.337 e. The number of ether oxygens (including phenoxy) is 1. The number of nitrogens with zero attached hydrogens (tertiary/aromatic N) is 3. The van der Waals surface area contributed by atoms with E-state index in [0.29, 0.717) is 30.3 Å². The van der Waals surface area contributed by atoms with Gasteiger partial charge < -0.3 is 9.84 Å². The summed E-state index contributed by atoms with van der Waals surface area (Å²) in [6.45, 7) is 1.06. The van der Waals surface area contributed by atoms with Gasteiger partial charge >= 0.3 is 5.97 Å². The number of para-hydroxylation sites is 1. The van der Waals surface area contributed by atoms with Gasteiger partial charge in [0.2, 0.25) is 0 Å². The Hall–Kier alpha value is -1.95. The lowest BCUT2D eigenvalue weighted by Crippen LogP contribution is -2.19. The monoisotopic (exact) mass is 289 g/mol. The Morgan fingerprint density at radius 2 is 2.14 bits per heavy atom. The van der Waals surface area contributed by atoms with E-state index in [9.17, 15) is 9.90 Å². The Bertz CT molecular complexity index is 632. The molecule has 6 heteroatoms. The van der Waals surface area contributed by atoms with Gasteiger partial charge in [0.15, 0.2) is 0 Å². The van der Waals surface area contributed by atoms with E-state index in [1.807, 2.05) is 0 Å². The number of hydrogen-bond acceptors (Lipinski definition) is 4. The van der Waals surface area contributed by atoms with Gasteiger partial charge in [-0.1, -0.05) is 30.5 Å². The first-order valence-corrected chi connectivity index (χ1v) is 7.43. The van der Waals surface area contributed by atoms with E-state index in [2.05, 4.69) is 10.3 Å². The molecule has 1 aliphatic carbocycles. The van der Waals surface area contributed by atoms with Crippen molar-refractivity contribution in [1.29, 1.82) is 0 Å². The van der Waals surface area contributed by atoms with Gasteiger partial charge in [0.05, 0.1) is 24.8 Å². The number of hydrogen-bond donors (Lipinski definition) is 1. The van der Waals surface area contributed by atoms with E-state index >= 15 is 0 Å². The molecule has 1 heterocycles. The zero-order valence-electron chi connectivity index (χ0n) is 11.9. The first-order valence-electron chi connectivity index (χ1n) is 7.43. The van der Waals surface area contributed by atoms with Crippen LogP contribution in [0.2, 0.25) is 0 Å². The fraction of sp³-hybridized carbons (Fsp3) is 0.533. The van der Waals surface area contributed by atoms with E-state index in [1.165, 1.54) is 19.3 Å². The number of fused-ring (bicyclic) bond motifs is 1. The third-order valence-electron chi connectivity index (χ3n) is 3.97. The minimum atomic E-state index is -0.961. The molecule has 21 heavy (non-hydrogen) atoms. The van der Waals surface area contributed by atoms with Crippen LogP contribution in [0.25, 0.3) is 11.0 Å². The van der Waals surface area contributed by atoms with Crippen LogP contribution in [0.4, 0.5) is 0 Å². The van der Waals surface area contributed by atoms with E-state index in [-0.39, 0.29) is 5.56 Å². The van der Waals surface area contributed by atoms with Crippen LogP contribution in [0.5, 0.6) is 0 Å². The molecule has 0 radical (unpaired) electrons. The van der Waals surface area contributed by atoms with Crippen LogP contribution in [-0.2, 0) is 11.3 Å². The van der Waals surface area contributed by atoms with Gasteiger partial charge in [0.1, 0.15) is 11.0 Å². The number of benzene rings is 1. The average Bonchev–Trinajstić information content (AvgIpc) is 2.91. The average molecular weight is 289 g/mol. The maximum atomic E-state index is 11.3. The molecule has 0 spiro atoms. The van der Waals surface area contributed by atoms with Crippen LogP contribution >= 0.6 is 0 Å². The molecule has 1 N–H and O–H groups in total. The van der Waals surface area contributed by atoms with Crippen molar-refractivity contribution in [1.82, 2.24) is 15.0 Å². The molecule has 0 bridgehead atoms. The summed E-state index contributed by atoms with van der Waals surface area (Å²) in [5.41, 5.74) is 1.40. The van der Waals surface area contributed by atoms with Crippen molar-refractivity contribution in [2.24, 2.45) is 0 Å². The van der Waals surface area contributed by atoms with Crippen LogP contribution in [0.1, 0.15) is 42.5 Å². The number of carboxylic acids is 1. The number of aromatic nitrogens is 3. The molecule has 0 amide bonds. The quantitative estimate of drug-likeness (QED) is 0.915. The second-order valence-corrected chi connectivity index (χ2v) is 5.42. The number of carbonyl (C=O) groups is 1. The molecule has 0 unspecified atom stereocenters. The maximum absolute atomic E-state index is 11.3. The second kappa shape index (κ2) is 6.22. The maximum Gasteiger partial charge on any atom is 0.337 e. The fourth-order valence-corrected chi connectivity index (χ4v) is 2.90. The molecule has 0 atom stereocenters. The van der Waals surface area contributed by atoms with Crippen molar-refractivity contribution in [2.75, 3.05) is 6.61 Å². The van der Waals surface area contributed by atoms with Crippen molar-refractivity contribution in [3.8, 4) is 0 Å². The molecule has 0 aliphatic heterocycles. The summed E-state index contributed by atoms with van der Waals surface area (Å²) in [5, 5.41) is 17.3. The van der Waals surface area contributed by atoms with Gasteiger partial charge in [0, 0.05) is 0 Å². The lowest BCUT2D eigenvalue weighted by molar-refractivity contribution is 0.0231. The lowest BCUT2D eigenvalue weighted by Gasteiger charge is -2.21. The van der Waals surface area contributed by atoms with E-state index < -0.39 is 5.97 Å². The van der Waals surface area contributed by atoms with Crippen molar-refractivity contribution >= 4 is 17.0 Å². The molecular formula is C15H19N3O3. The molecule has 1 fully saturated rings. The van der Waals surface area contributed by atoms with Gasteiger partial charge in [0.25, 0.3) is 0 Å². The number of rotatable bonds is 5. The highest BCUT2D eigenvalue weighted by Crippen LogP contribution is 2.21. The zero-order chi connectivity index (χ0) is 14.7. The summed E-state index contributed by atoms with van der Waals surface area (Å²) in [5.74, 6) is -0.961. The normalized spacial score (nSPS) is 16.4. The molecule has 6 nitrogen and oxygen atoms in total. The molecule has 0 saturated heterocycles. The standard InChI is InChI=1S/C15H19N3O3/c19-15(20)12-7-4-8-13-14(12)18(17-16-13)9-10-21-11-5-2-1-3-6-11/h4,7-8,11H,1-3,5-6,9-10H2,(H,19,20). The summed E-state index contributed by atoms with van der Waals surface area (Å²) >= 11 is 0. The van der Waals surface area contributed by atoms with Crippen LogP contribution in [0, 0.1) is 0 Å². The van der Waals surface area contributed by atoms with Gasteiger partial charge in [-0.15, -0.1) is 5.10 Å². The molecule has 3 rings (SSSR count). The summed E-state index contributed by atoms with van der Waals surface area (Å²) in [6, 6.07) is 5.03. The Kier molecular flexibility index (Phi) is 4.15. The number of carboxylic acid groups (broad SMARTS) is 1. The zero-order valence-corrected chi connectivity index (χ0v) is 11.9. The minimum Gasteiger partial charge on any atom is -0.478 e. The van der Waals surface area contributed by atoms with Crippen molar-refractivity contribution in [3.63, 3.8) is 0 Å². The highest BCUT2D eigenvalue weighted by molar-refractivity contribution is 6.00. The Morgan fingerprint density at radius 1 is 1.33 bits per heavy atom. The third kappa shape index (κ3) is 3.05. The van der Waals surface area contributed by atoms with Crippen LogP contribution < -0.4 is 0 Å². The summed E-state index contributed by atoms with van der Waals surface area (Å²) in [6.07, 6.45) is 6.36. The highest BCUT2D eigenvalue weighted by atomic mass is 16.5. The predicted molar refractivity (Wildman–Crippen MR) is 77.3 cm³/mol. The molecule has 1 aromatic heterocycles. The van der Waals surface area contributed by atoms with Crippen LogP contribution in [-0.4, -0.2) is 38.8 Å². The molecule has 1 aliphatic rings. The van der Waals surface area contributed by atoms with Gasteiger partial charge in [-0.3, -0.25) is 0 Å². The topological polar surface area (TPSA) is 77.2 Å². The van der Waals surface area contributed by atoms with Gasteiger partial charge in [-0.05, 0) is 25.0 Å². The van der Waals surface area contributed by atoms with Crippen molar-refractivity contribution < 1.29 is 14.6 Å². The Balaban J connectivity index is 1.70. The van der Waals surface area contributed by atoms with E-state index in [1.54, 1.807) is 22.9 Å². The third-order valence-corrected chi connectivity index (χ3v) is 3.97. The minimum absolute atomic E-state index is 0.232. The molecule has 112 valence electrons. The highest BCUT2D eigenvalue weighted by Gasteiger charge is 2.16. The largest absolute Gasteiger partial charge is 0.478 e. The number of aromatic carboxylic acids is 1. The first-order chi connectivity index (χ1) is 10.3. The van der Waals surface area contributed by atoms with Crippen molar-refractivity contribution in [2.45, 2.75) is 44.8 Å². The van der Waals surface area contributed by atoms with Crippen molar-refractivity contribution in [3.05, 3.63) is 23.8 Å². The van der Waals surface area contributed by atoms with E-state index in [4.69, 9.17) is 4.74 Å². The van der Waals surface area contributed by atoms with Crippen LogP contribution in [0.3, 0.4) is 0 Å². The summed E-state index contributed by atoms with van der Waals surface area (Å²) in [4.78, 5) is 11.3. The van der Waals surface area contributed by atoms with Crippen LogP contribution in [0.15, 0.2) is 18.2 Å². The first kappa shape index (κ1) is 14.0. The summed E-state index contributed by atoms with van der Waals surface area (Å²) in [7, 11) is 0. The molecular weight excluding hydrogens is 270 g/mol. The Morgan fingerprint density at radius 3 is 2.90 bits per heavy atom. The van der Waals surface area contributed by atoms with Gasteiger partial charge in [-0.25, -0.2) is 9.48 Å². The predicted octanol–water partition coefficient (Wildman–Crippen LogP) is 2.48. The second-order valence-electron chi connectivity index (χ2n) is 5.42. The molecule has 2 aromatic rings. The Labute approximate surface area is 122 Å². The lowest BCUT2D eigenvalue weighted by atomic mass is 9.98. The SMILES string of the molecule is O=C(O)c1cccc2nnn(CCOC3CCCCC3)c12. The van der Waals surface area contributed by atoms with E-state index in [0.717, 1.165) is 12.8 Å².